The van der Waals surface area contributed by atoms with Gasteiger partial charge >= 0.3 is 0 Å². The number of benzene rings is 2. The molecule has 1 saturated heterocycles. The minimum absolute atomic E-state index is 0.0190. The Bertz CT molecular complexity index is 713. The largest absolute Gasteiger partial charge is 0.392 e. The van der Waals surface area contributed by atoms with Crippen molar-refractivity contribution in [3.63, 3.8) is 0 Å². The van der Waals surface area contributed by atoms with Gasteiger partial charge in [0.2, 0.25) is 5.91 Å². The lowest BCUT2D eigenvalue weighted by Gasteiger charge is -2.36. The zero-order chi connectivity index (χ0) is 17.6. The van der Waals surface area contributed by atoms with Crippen LogP contribution < -0.4 is 10.2 Å². The minimum atomic E-state index is -0.242. The van der Waals surface area contributed by atoms with E-state index in [1.54, 1.807) is 12.1 Å². The summed E-state index contributed by atoms with van der Waals surface area (Å²) >= 11 is 0. The quantitative estimate of drug-likeness (QED) is 0.873. The molecular formula is C19H22FN3O2. The van der Waals surface area contributed by atoms with Crippen LogP contribution >= 0.6 is 0 Å². The van der Waals surface area contributed by atoms with Crippen LogP contribution in [0.5, 0.6) is 0 Å². The molecule has 1 heterocycles. The molecule has 25 heavy (non-hydrogen) atoms. The van der Waals surface area contributed by atoms with Crippen molar-refractivity contribution >= 4 is 17.3 Å². The number of hydrogen-bond donors (Lipinski definition) is 2. The maximum atomic E-state index is 13.0. The lowest BCUT2D eigenvalue weighted by Crippen LogP contribution is -2.50. The van der Waals surface area contributed by atoms with Gasteiger partial charge in [0.05, 0.1) is 13.2 Å². The Kier molecular flexibility index (Phi) is 5.50. The lowest BCUT2D eigenvalue weighted by molar-refractivity contribution is -0.129. The zero-order valence-corrected chi connectivity index (χ0v) is 14.0. The predicted octanol–water partition coefficient (Wildman–Crippen LogP) is 2.08. The van der Waals surface area contributed by atoms with Crippen molar-refractivity contribution in [2.75, 3.05) is 42.9 Å². The maximum Gasteiger partial charge on any atom is 0.241 e. The minimum Gasteiger partial charge on any atom is -0.392 e. The normalized spacial score (nSPS) is 14.5. The monoisotopic (exact) mass is 343 g/mol. The van der Waals surface area contributed by atoms with Crippen LogP contribution in [-0.4, -0.2) is 48.6 Å². The second-order valence-corrected chi connectivity index (χ2v) is 6.06. The highest BCUT2D eigenvalue weighted by molar-refractivity contribution is 5.81. The first kappa shape index (κ1) is 17.2. The number of carbonyl (C=O) groups is 1. The van der Waals surface area contributed by atoms with E-state index in [9.17, 15) is 9.18 Å². The van der Waals surface area contributed by atoms with Gasteiger partial charge in [-0.3, -0.25) is 4.79 Å². The smallest absolute Gasteiger partial charge is 0.241 e. The van der Waals surface area contributed by atoms with Gasteiger partial charge in [0, 0.05) is 37.6 Å². The van der Waals surface area contributed by atoms with Gasteiger partial charge in [0.15, 0.2) is 0 Å². The molecule has 0 bridgehead atoms. The summed E-state index contributed by atoms with van der Waals surface area (Å²) in [5.74, 6) is -0.193. The number of amides is 1. The fourth-order valence-corrected chi connectivity index (χ4v) is 2.94. The summed E-state index contributed by atoms with van der Waals surface area (Å²) < 4.78 is 13.0. The average molecular weight is 343 g/mol. The summed E-state index contributed by atoms with van der Waals surface area (Å²) in [6.45, 7) is 2.97. The highest BCUT2D eigenvalue weighted by Crippen LogP contribution is 2.17. The summed E-state index contributed by atoms with van der Waals surface area (Å²) in [6.07, 6.45) is 0. The first-order chi connectivity index (χ1) is 12.2. The molecule has 1 amide bonds. The second-order valence-electron chi connectivity index (χ2n) is 6.06. The van der Waals surface area contributed by atoms with Crippen LogP contribution in [0.15, 0.2) is 48.5 Å². The van der Waals surface area contributed by atoms with E-state index >= 15 is 0 Å². The number of nitrogens with one attached hydrogen (secondary N) is 1. The van der Waals surface area contributed by atoms with Gasteiger partial charge in [-0.15, -0.1) is 0 Å². The summed E-state index contributed by atoms with van der Waals surface area (Å²) in [5, 5.41) is 12.3. The van der Waals surface area contributed by atoms with E-state index in [1.807, 2.05) is 29.2 Å². The molecule has 2 N–H and O–H groups in total. The molecule has 2 aromatic carbocycles. The predicted molar refractivity (Wildman–Crippen MR) is 96.0 cm³/mol. The van der Waals surface area contributed by atoms with Crippen LogP contribution in [0.1, 0.15) is 5.56 Å². The van der Waals surface area contributed by atoms with Crippen molar-refractivity contribution < 1.29 is 14.3 Å². The summed E-state index contributed by atoms with van der Waals surface area (Å²) in [7, 11) is 0. The van der Waals surface area contributed by atoms with E-state index in [0.717, 1.165) is 30.0 Å². The molecule has 5 nitrogen and oxygen atoms in total. The Balaban J connectivity index is 1.48. The molecular weight excluding hydrogens is 321 g/mol. The molecule has 0 saturated carbocycles. The fourth-order valence-electron chi connectivity index (χ4n) is 2.94. The fraction of sp³-hybridized carbons (Fsp3) is 0.316. The first-order valence-corrected chi connectivity index (χ1v) is 8.37. The number of aliphatic hydroxyl groups excluding tert-OH is 1. The molecule has 0 spiro atoms. The molecule has 132 valence electrons. The average Bonchev–Trinajstić information content (AvgIpc) is 2.67. The summed E-state index contributed by atoms with van der Waals surface area (Å²) in [4.78, 5) is 16.4. The molecule has 1 fully saturated rings. The maximum absolute atomic E-state index is 13.0. The second kappa shape index (κ2) is 7.98. The number of aliphatic hydroxyl groups is 1. The van der Waals surface area contributed by atoms with Crippen LogP contribution in [0.4, 0.5) is 15.8 Å². The van der Waals surface area contributed by atoms with E-state index < -0.39 is 0 Å². The Morgan fingerprint density at radius 3 is 2.48 bits per heavy atom. The number of nitrogens with zero attached hydrogens (tertiary/aromatic N) is 2. The highest BCUT2D eigenvalue weighted by atomic mass is 19.1. The van der Waals surface area contributed by atoms with Gasteiger partial charge in [0.25, 0.3) is 0 Å². The number of anilines is 2. The molecule has 0 aliphatic carbocycles. The molecule has 2 aromatic rings. The molecule has 1 aliphatic rings. The Morgan fingerprint density at radius 1 is 1.08 bits per heavy atom. The van der Waals surface area contributed by atoms with Crippen LogP contribution in [0.2, 0.25) is 0 Å². The van der Waals surface area contributed by atoms with E-state index in [-0.39, 0.29) is 24.9 Å². The van der Waals surface area contributed by atoms with E-state index in [1.165, 1.54) is 12.1 Å². The van der Waals surface area contributed by atoms with Crippen LogP contribution in [-0.2, 0) is 11.4 Å². The molecule has 0 radical (unpaired) electrons. The molecule has 0 atom stereocenters. The number of carbonyl (C=O) groups excluding carboxylic acids is 1. The van der Waals surface area contributed by atoms with Crippen molar-refractivity contribution in [1.82, 2.24) is 4.90 Å². The molecule has 6 heteroatoms. The van der Waals surface area contributed by atoms with E-state index in [4.69, 9.17) is 5.11 Å². The zero-order valence-electron chi connectivity index (χ0n) is 14.0. The Hall–Kier alpha value is -2.60. The molecule has 0 aromatic heterocycles. The Morgan fingerprint density at radius 2 is 1.80 bits per heavy atom. The Labute approximate surface area is 146 Å². The standard InChI is InChI=1S/C19H22FN3O2/c20-16-4-6-18(7-5-16)22-8-10-23(11-9-22)19(25)13-21-17-3-1-2-15(12-17)14-24/h1-7,12,21,24H,8-11,13-14H2. The third-order valence-corrected chi connectivity index (χ3v) is 4.38. The third kappa shape index (κ3) is 4.48. The molecule has 0 unspecified atom stereocenters. The van der Waals surface area contributed by atoms with E-state index in [0.29, 0.717) is 13.1 Å². The third-order valence-electron chi connectivity index (χ3n) is 4.38. The van der Waals surface area contributed by atoms with Crippen molar-refractivity contribution in [2.45, 2.75) is 6.61 Å². The number of halogens is 1. The molecule has 1 aliphatic heterocycles. The van der Waals surface area contributed by atoms with Crippen molar-refractivity contribution in [2.24, 2.45) is 0 Å². The van der Waals surface area contributed by atoms with Gasteiger partial charge in [-0.25, -0.2) is 4.39 Å². The van der Waals surface area contributed by atoms with Crippen LogP contribution in [0.25, 0.3) is 0 Å². The van der Waals surface area contributed by atoms with Gasteiger partial charge < -0.3 is 20.2 Å². The number of piperazine rings is 1. The highest BCUT2D eigenvalue weighted by Gasteiger charge is 2.21. The van der Waals surface area contributed by atoms with Gasteiger partial charge in [-0.05, 0) is 42.0 Å². The van der Waals surface area contributed by atoms with Gasteiger partial charge in [-0.2, -0.15) is 0 Å². The van der Waals surface area contributed by atoms with Crippen molar-refractivity contribution in [3.8, 4) is 0 Å². The number of hydrogen-bond acceptors (Lipinski definition) is 4. The van der Waals surface area contributed by atoms with Crippen LogP contribution in [0.3, 0.4) is 0 Å². The first-order valence-electron chi connectivity index (χ1n) is 8.37. The topological polar surface area (TPSA) is 55.8 Å². The van der Waals surface area contributed by atoms with Crippen molar-refractivity contribution in [3.05, 3.63) is 59.9 Å². The SMILES string of the molecule is O=C(CNc1cccc(CO)c1)N1CCN(c2ccc(F)cc2)CC1. The number of rotatable bonds is 5. The van der Waals surface area contributed by atoms with Crippen molar-refractivity contribution in [1.29, 1.82) is 0 Å². The van der Waals surface area contributed by atoms with E-state index in [2.05, 4.69) is 10.2 Å². The summed E-state index contributed by atoms with van der Waals surface area (Å²) in [5.41, 5.74) is 2.61. The van der Waals surface area contributed by atoms with Gasteiger partial charge in [0.1, 0.15) is 5.82 Å². The van der Waals surface area contributed by atoms with Gasteiger partial charge in [-0.1, -0.05) is 12.1 Å². The lowest BCUT2D eigenvalue weighted by atomic mass is 10.2. The van der Waals surface area contributed by atoms with Crippen LogP contribution in [0, 0.1) is 5.82 Å². The summed E-state index contributed by atoms with van der Waals surface area (Å²) in [6, 6.07) is 13.8. The molecule has 3 rings (SSSR count).